The summed E-state index contributed by atoms with van der Waals surface area (Å²) in [7, 11) is 1.35. The molecule has 0 amide bonds. The molecule has 10 heteroatoms. The number of nitrogens with zero attached hydrogens (tertiary/aromatic N) is 1. The number of carbonyl (C=O) groups excluding carboxylic acids is 2. The van der Waals surface area contributed by atoms with Gasteiger partial charge >= 0.3 is 17.9 Å². The molecule has 10 nitrogen and oxygen atoms in total. The van der Waals surface area contributed by atoms with Gasteiger partial charge in [0, 0.05) is 34.0 Å². The van der Waals surface area contributed by atoms with E-state index in [1.54, 1.807) is 13.8 Å². The number of hydrogen-bond donors (Lipinski definition) is 1. The Hall–Kier alpha value is -2.62. The van der Waals surface area contributed by atoms with E-state index in [0.29, 0.717) is 5.90 Å². The number of carboxylic acids is 1. The van der Waals surface area contributed by atoms with E-state index in [-0.39, 0.29) is 12.4 Å². The molecule has 5 atom stereocenters. The molecular weight excluding hydrogens is 362 g/mol. The Morgan fingerprint density at radius 3 is 2.48 bits per heavy atom. The van der Waals surface area contributed by atoms with Gasteiger partial charge in [0.2, 0.25) is 5.76 Å². The largest absolute Gasteiger partial charge is 0.478 e. The quantitative estimate of drug-likeness (QED) is 0.620. The Bertz CT molecular complexity index is 686. The van der Waals surface area contributed by atoms with Gasteiger partial charge < -0.3 is 28.8 Å². The zero-order valence-corrected chi connectivity index (χ0v) is 15.8. The van der Waals surface area contributed by atoms with Crippen molar-refractivity contribution in [2.45, 2.75) is 57.6 Å². The van der Waals surface area contributed by atoms with Gasteiger partial charge in [-0.1, -0.05) is 0 Å². The van der Waals surface area contributed by atoms with Crippen molar-refractivity contribution in [1.29, 1.82) is 0 Å². The molecule has 0 aromatic carbocycles. The third kappa shape index (κ3) is 4.38. The molecule has 0 saturated heterocycles. The van der Waals surface area contributed by atoms with Crippen molar-refractivity contribution in [2.75, 3.05) is 13.7 Å². The highest BCUT2D eigenvalue weighted by Crippen LogP contribution is 2.40. The van der Waals surface area contributed by atoms with Crippen molar-refractivity contribution >= 4 is 23.8 Å². The fourth-order valence-electron chi connectivity index (χ4n) is 3.19. The number of esters is 2. The number of hydrogen-bond acceptors (Lipinski definition) is 9. The molecule has 150 valence electrons. The summed E-state index contributed by atoms with van der Waals surface area (Å²) in [6.45, 7) is 5.48. The van der Waals surface area contributed by atoms with Crippen LogP contribution in [0.2, 0.25) is 0 Å². The highest BCUT2D eigenvalue weighted by molar-refractivity contribution is 5.85. The van der Waals surface area contributed by atoms with Gasteiger partial charge in [-0.3, -0.25) is 9.59 Å². The first-order chi connectivity index (χ1) is 12.6. The van der Waals surface area contributed by atoms with Gasteiger partial charge in [-0.25, -0.2) is 9.79 Å². The predicted octanol–water partition coefficient (Wildman–Crippen LogP) is 0.439. The van der Waals surface area contributed by atoms with Crippen LogP contribution >= 0.6 is 0 Å². The van der Waals surface area contributed by atoms with E-state index in [4.69, 9.17) is 23.7 Å². The summed E-state index contributed by atoms with van der Waals surface area (Å²) in [5, 5.41) is 9.36. The van der Waals surface area contributed by atoms with E-state index in [9.17, 15) is 19.5 Å². The minimum absolute atomic E-state index is 0.288. The molecule has 0 saturated carbocycles. The number of aliphatic carboxylic acids is 1. The van der Waals surface area contributed by atoms with Crippen LogP contribution in [0.25, 0.3) is 0 Å². The molecule has 2 heterocycles. The molecule has 0 aliphatic carbocycles. The van der Waals surface area contributed by atoms with E-state index in [2.05, 4.69) is 4.99 Å². The van der Waals surface area contributed by atoms with Crippen molar-refractivity contribution in [3.8, 4) is 0 Å². The van der Waals surface area contributed by atoms with Crippen molar-refractivity contribution in [3.63, 3.8) is 0 Å². The molecular formula is C17H23NO9. The summed E-state index contributed by atoms with van der Waals surface area (Å²) < 4.78 is 27.0. The molecule has 2 aliphatic rings. The maximum absolute atomic E-state index is 11.5. The van der Waals surface area contributed by atoms with Gasteiger partial charge in [-0.2, -0.15) is 0 Å². The zero-order chi connectivity index (χ0) is 20.4. The van der Waals surface area contributed by atoms with Crippen LogP contribution < -0.4 is 0 Å². The van der Waals surface area contributed by atoms with Crippen LogP contribution in [0.3, 0.4) is 0 Å². The predicted molar refractivity (Wildman–Crippen MR) is 90.0 cm³/mol. The standard InChI is InChI=1S/C17H23NO9/c1-8-18-17(4)13(25-8)6-11(16(21)22)27-15(17)14(23-5)12(26-10(3)20)7-24-9(2)19/h6,12-15H,7H2,1-5H3,(H,21,22)/t12-,13-,14-,15+,17+/m1/s1. The maximum Gasteiger partial charge on any atom is 0.370 e. The number of fused-ring (bicyclic) bond motifs is 1. The monoisotopic (exact) mass is 385 g/mol. The number of methoxy groups -OCH3 is 1. The van der Waals surface area contributed by atoms with Gasteiger partial charge in [0.05, 0.1) is 0 Å². The molecule has 0 fully saturated rings. The van der Waals surface area contributed by atoms with Gasteiger partial charge in [0.15, 0.2) is 24.2 Å². The number of ether oxygens (including phenoxy) is 5. The average Bonchev–Trinajstić information content (AvgIpc) is 2.86. The maximum atomic E-state index is 11.5. The summed E-state index contributed by atoms with van der Waals surface area (Å²) in [5.41, 5.74) is -1.03. The molecule has 0 spiro atoms. The topological polar surface area (TPSA) is 130 Å². The van der Waals surface area contributed by atoms with E-state index in [1.165, 1.54) is 27.0 Å². The summed E-state index contributed by atoms with van der Waals surface area (Å²) in [5.74, 6) is -2.45. The van der Waals surface area contributed by atoms with Gasteiger partial charge in [-0.05, 0) is 6.92 Å². The molecule has 1 N–H and O–H groups in total. The van der Waals surface area contributed by atoms with E-state index >= 15 is 0 Å². The van der Waals surface area contributed by atoms with Gasteiger partial charge in [0.1, 0.15) is 18.2 Å². The molecule has 0 unspecified atom stereocenters. The lowest BCUT2D eigenvalue weighted by molar-refractivity contribution is -0.182. The molecule has 0 aromatic heterocycles. The highest BCUT2D eigenvalue weighted by atomic mass is 16.6. The van der Waals surface area contributed by atoms with E-state index in [1.807, 2.05) is 0 Å². The zero-order valence-electron chi connectivity index (χ0n) is 15.8. The van der Waals surface area contributed by atoms with Crippen molar-refractivity contribution in [1.82, 2.24) is 0 Å². The first kappa shape index (κ1) is 20.7. The highest BCUT2D eigenvalue weighted by Gasteiger charge is 2.57. The Labute approximate surface area is 156 Å². The molecule has 2 aliphatic heterocycles. The van der Waals surface area contributed by atoms with Crippen molar-refractivity contribution < 1.29 is 43.2 Å². The minimum Gasteiger partial charge on any atom is -0.478 e. The number of aliphatic imine (C=N–C) groups is 1. The Kier molecular flexibility index (Phi) is 6.09. The molecule has 0 bridgehead atoms. The minimum atomic E-state index is -1.28. The lowest BCUT2D eigenvalue weighted by Gasteiger charge is -2.42. The van der Waals surface area contributed by atoms with Gasteiger partial charge in [-0.15, -0.1) is 0 Å². The second kappa shape index (κ2) is 7.95. The van der Waals surface area contributed by atoms with Crippen LogP contribution in [0.5, 0.6) is 0 Å². The fraction of sp³-hybridized carbons (Fsp3) is 0.647. The second-order valence-electron chi connectivity index (χ2n) is 6.42. The molecule has 0 radical (unpaired) electrons. The second-order valence-corrected chi connectivity index (χ2v) is 6.42. The number of rotatable bonds is 7. The Balaban J connectivity index is 2.41. The van der Waals surface area contributed by atoms with E-state index in [0.717, 1.165) is 0 Å². The number of carboxylic acid groups (broad SMARTS) is 1. The van der Waals surface area contributed by atoms with E-state index < -0.39 is 47.9 Å². The van der Waals surface area contributed by atoms with Crippen LogP contribution in [0.4, 0.5) is 0 Å². The summed E-state index contributed by atoms with van der Waals surface area (Å²) in [4.78, 5) is 38.6. The fourth-order valence-corrected chi connectivity index (χ4v) is 3.19. The first-order valence-corrected chi connectivity index (χ1v) is 8.26. The smallest absolute Gasteiger partial charge is 0.370 e. The van der Waals surface area contributed by atoms with Crippen LogP contribution in [0.1, 0.15) is 27.7 Å². The third-order valence-electron chi connectivity index (χ3n) is 4.32. The normalized spacial score (nSPS) is 28.5. The Morgan fingerprint density at radius 1 is 1.30 bits per heavy atom. The van der Waals surface area contributed by atoms with Crippen LogP contribution in [-0.4, -0.2) is 72.6 Å². The Morgan fingerprint density at radius 2 is 1.96 bits per heavy atom. The summed E-state index contributed by atoms with van der Waals surface area (Å²) >= 11 is 0. The van der Waals surface area contributed by atoms with Gasteiger partial charge in [0.25, 0.3) is 0 Å². The van der Waals surface area contributed by atoms with Crippen LogP contribution in [-0.2, 0) is 38.1 Å². The lowest BCUT2D eigenvalue weighted by atomic mass is 9.82. The third-order valence-corrected chi connectivity index (χ3v) is 4.32. The van der Waals surface area contributed by atoms with Crippen LogP contribution in [0.15, 0.2) is 16.8 Å². The van der Waals surface area contributed by atoms with Crippen molar-refractivity contribution in [2.24, 2.45) is 4.99 Å². The molecule has 2 rings (SSSR count). The number of carbonyl (C=O) groups is 3. The first-order valence-electron chi connectivity index (χ1n) is 8.26. The summed E-state index contributed by atoms with van der Waals surface area (Å²) in [6, 6.07) is 0. The SMILES string of the molecule is CO[C@H]([C@@H](COC(C)=O)OC(C)=O)[C@@H]1OC(C(=O)O)=C[C@H]2OC(C)=N[C@@]21C. The summed E-state index contributed by atoms with van der Waals surface area (Å²) in [6.07, 6.45) is -2.38. The van der Waals surface area contributed by atoms with Crippen molar-refractivity contribution in [3.05, 3.63) is 11.8 Å². The molecule has 0 aromatic rings. The van der Waals surface area contributed by atoms with Crippen LogP contribution in [0, 0.1) is 0 Å². The average molecular weight is 385 g/mol. The molecule has 27 heavy (non-hydrogen) atoms. The lowest BCUT2D eigenvalue weighted by Crippen LogP contribution is -2.59.